The van der Waals surface area contributed by atoms with E-state index in [-0.39, 0.29) is 11.8 Å². The lowest BCUT2D eigenvalue weighted by molar-refractivity contribution is -0.122. The molecule has 1 heterocycles. The predicted molar refractivity (Wildman–Crippen MR) is 128 cm³/mol. The minimum atomic E-state index is -0.0319. The van der Waals surface area contributed by atoms with Crippen LogP contribution in [0.25, 0.3) is 6.08 Å². The number of nitrogens with zero attached hydrogens (tertiary/aromatic N) is 1. The number of thioether (sulfide) groups is 1. The van der Waals surface area contributed by atoms with E-state index in [0.29, 0.717) is 22.2 Å². The van der Waals surface area contributed by atoms with E-state index in [0.717, 1.165) is 35.0 Å². The highest BCUT2D eigenvalue weighted by molar-refractivity contribution is 9.10. The third-order valence-electron chi connectivity index (χ3n) is 4.40. The Kier molecular flexibility index (Phi) is 8.03. The fraction of sp³-hybridized carbons (Fsp3) is 0.227. The molecule has 0 spiro atoms. The lowest BCUT2D eigenvalue weighted by atomic mass is 10.1. The fourth-order valence-electron chi connectivity index (χ4n) is 2.90. The molecule has 0 unspecified atom stereocenters. The van der Waals surface area contributed by atoms with Crippen molar-refractivity contribution < 1.29 is 9.59 Å². The van der Waals surface area contributed by atoms with Gasteiger partial charge in [0.25, 0.3) is 5.91 Å². The minimum absolute atomic E-state index is 0.00620. The highest BCUT2D eigenvalue weighted by atomic mass is 79.9. The van der Waals surface area contributed by atoms with Crippen LogP contribution < -0.4 is 5.32 Å². The Morgan fingerprint density at radius 1 is 1.07 bits per heavy atom. The Morgan fingerprint density at radius 2 is 1.79 bits per heavy atom. The molecule has 0 saturated carbocycles. The number of hydrogen-bond acceptors (Lipinski definition) is 4. The van der Waals surface area contributed by atoms with Crippen LogP contribution in [-0.4, -0.2) is 27.6 Å². The maximum Gasteiger partial charge on any atom is 0.266 e. The topological polar surface area (TPSA) is 49.4 Å². The van der Waals surface area contributed by atoms with Gasteiger partial charge in [-0.3, -0.25) is 14.5 Å². The highest BCUT2D eigenvalue weighted by Crippen LogP contribution is 2.32. The van der Waals surface area contributed by atoms with Gasteiger partial charge < -0.3 is 5.32 Å². The van der Waals surface area contributed by atoms with Gasteiger partial charge in [0.05, 0.1) is 10.6 Å². The predicted octanol–water partition coefficient (Wildman–Crippen LogP) is 5.85. The van der Waals surface area contributed by atoms with Gasteiger partial charge in [-0.2, -0.15) is 0 Å². The van der Waals surface area contributed by atoms with Crippen LogP contribution in [0, 0.1) is 0 Å². The average Bonchev–Trinajstić information content (AvgIpc) is 2.97. The summed E-state index contributed by atoms with van der Waals surface area (Å²) in [5.41, 5.74) is 1.77. The molecule has 7 heteroatoms. The van der Waals surface area contributed by atoms with Crippen molar-refractivity contribution in [1.29, 1.82) is 0 Å². The molecular weight excluding hydrogens is 468 g/mol. The number of rotatable bonds is 8. The maximum absolute atomic E-state index is 12.6. The molecule has 2 aromatic rings. The van der Waals surface area contributed by atoms with Crippen LogP contribution in [-0.2, 0) is 9.59 Å². The zero-order valence-electron chi connectivity index (χ0n) is 15.8. The first-order valence-corrected chi connectivity index (χ1v) is 11.4. The molecule has 0 aliphatic carbocycles. The molecule has 150 valence electrons. The number of unbranched alkanes of at least 4 members (excludes halogenated alkanes) is 2. The number of thiocarbonyl (C=S) groups is 1. The van der Waals surface area contributed by atoms with E-state index < -0.39 is 0 Å². The monoisotopic (exact) mass is 488 g/mol. The highest BCUT2D eigenvalue weighted by Gasteiger charge is 2.31. The number of carbonyl (C=O) groups is 2. The normalized spacial score (nSPS) is 15.2. The van der Waals surface area contributed by atoms with Gasteiger partial charge in [0.15, 0.2) is 0 Å². The van der Waals surface area contributed by atoms with Crippen LogP contribution >= 0.6 is 39.9 Å². The average molecular weight is 489 g/mol. The summed E-state index contributed by atoms with van der Waals surface area (Å²) in [5.74, 6) is -0.0381. The van der Waals surface area contributed by atoms with Crippen LogP contribution in [0.4, 0.5) is 5.69 Å². The Labute approximate surface area is 188 Å². The van der Waals surface area contributed by atoms with Crippen molar-refractivity contribution in [3.05, 3.63) is 69.5 Å². The zero-order chi connectivity index (χ0) is 20.6. The summed E-state index contributed by atoms with van der Waals surface area (Å²) >= 11 is 10.1. The summed E-state index contributed by atoms with van der Waals surface area (Å²) in [7, 11) is 0. The second kappa shape index (κ2) is 10.7. The molecule has 2 aromatic carbocycles. The Bertz CT molecular complexity index is 931. The van der Waals surface area contributed by atoms with Gasteiger partial charge >= 0.3 is 0 Å². The smallest absolute Gasteiger partial charge is 0.266 e. The first kappa shape index (κ1) is 21.7. The van der Waals surface area contributed by atoms with Crippen molar-refractivity contribution in [1.82, 2.24) is 4.90 Å². The Morgan fingerprint density at radius 3 is 2.55 bits per heavy atom. The van der Waals surface area contributed by atoms with Crippen molar-refractivity contribution in [3.8, 4) is 0 Å². The SMILES string of the molecule is O=C(CCCCCN1C(=O)/C(=C/c2ccccc2)SC1=S)Nc1ccccc1Br. The lowest BCUT2D eigenvalue weighted by Crippen LogP contribution is -2.29. The third-order valence-corrected chi connectivity index (χ3v) is 6.47. The molecule has 1 aliphatic rings. The summed E-state index contributed by atoms with van der Waals surface area (Å²) < 4.78 is 1.47. The molecular formula is C22H21BrN2O2S2. The van der Waals surface area contributed by atoms with Crippen LogP contribution in [0.5, 0.6) is 0 Å². The number of anilines is 1. The van der Waals surface area contributed by atoms with Crippen molar-refractivity contribution in [3.63, 3.8) is 0 Å². The van der Waals surface area contributed by atoms with Gasteiger partial charge in [-0.15, -0.1) is 0 Å². The molecule has 0 atom stereocenters. The van der Waals surface area contributed by atoms with E-state index in [1.54, 1.807) is 4.90 Å². The Hall–Kier alpha value is -1.96. The molecule has 1 fully saturated rings. The van der Waals surface area contributed by atoms with E-state index in [4.69, 9.17) is 12.2 Å². The molecule has 4 nitrogen and oxygen atoms in total. The summed E-state index contributed by atoms with van der Waals surface area (Å²) in [6, 6.07) is 17.3. The largest absolute Gasteiger partial charge is 0.325 e. The number of hydrogen-bond donors (Lipinski definition) is 1. The summed E-state index contributed by atoms with van der Waals surface area (Å²) in [5, 5.41) is 2.90. The van der Waals surface area contributed by atoms with Gasteiger partial charge in [-0.1, -0.05) is 72.9 Å². The molecule has 1 saturated heterocycles. The van der Waals surface area contributed by atoms with Gasteiger partial charge in [0, 0.05) is 17.4 Å². The van der Waals surface area contributed by atoms with Crippen LogP contribution in [0.3, 0.4) is 0 Å². The van der Waals surface area contributed by atoms with E-state index in [1.165, 1.54) is 11.8 Å². The second-order valence-electron chi connectivity index (χ2n) is 6.58. The van der Waals surface area contributed by atoms with Crippen molar-refractivity contribution in [2.75, 3.05) is 11.9 Å². The number of benzene rings is 2. The molecule has 29 heavy (non-hydrogen) atoms. The van der Waals surface area contributed by atoms with Crippen LogP contribution in [0.2, 0.25) is 0 Å². The lowest BCUT2D eigenvalue weighted by Gasteiger charge is -2.14. The van der Waals surface area contributed by atoms with E-state index in [1.807, 2.05) is 60.7 Å². The van der Waals surface area contributed by atoms with Crippen molar-refractivity contribution in [2.45, 2.75) is 25.7 Å². The number of para-hydroxylation sites is 1. The molecule has 0 bridgehead atoms. The molecule has 0 aromatic heterocycles. The molecule has 3 rings (SSSR count). The quantitative estimate of drug-likeness (QED) is 0.287. The van der Waals surface area contributed by atoms with Crippen LogP contribution in [0.1, 0.15) is 31.2 Å². The molecule has 1 N–H and O–H groups in total. The van der Waals surface area contributed by atoms with Crippen molar-refractivity contribution in [2.24, 2.45) is 0 Å². The number of nitrogens with one attached hydrogen (secondary N) is 1. The first-order valence-electron chi connectivity index (χ1n) is 9.39. The molecule has 1 aliphatic heterocycles. The Balaban J connectivity index is 1.41. The number of halogens is 1. The number of amides is 2. The number of carbonyl (C=O) groups excluding carboxylic acids is 2. The molecule has 2 amide bonds. The van der Waals surface area contributed by atoms with E-state index >= 15 is 0 Å². The minimum Gasteiger partial charge on any atom is -0.325 e. The summed E-state index contributed by atoms with van der Waals surface area (Å²) in [6.45, 7) is 0.586. The third kappa shape index (κ3) is 6.26. The fourth-order valence-corrected chi connectivity index (χ4v) is 4.59. The standard InChI is InChI=1S/C22H21BrN2O2S2/c23-17-11-6-7-12-18(17)24-20(26)13-5-2-8-14-25-21(27)19(29-22(25)28)15-16-9-3-1-4-10-16/h1,3-4,6-7,9-12,15H,2,5,8,13-14H2,(H,24,26)/b19-15-. The van der Waals surface area contributed by atoms with Crippen LogP contribution in [0.15, 0.2) is 64.0 Å². The van der Waals surface area contributed by atoms with Crippen molar-refractivity contribution >= 4 is 67.8 Å². The van der Waals surface area contributed by atoms with Gasteiger partial charge in [-0.05, 0) is 52.5 Å². The van der Waals surface area contributed by atoms with E-state index in [9.17, 15) is 9.59 Å². The summed E-state index contributed by atoms with van der Waals surface area (Å²) in [4.78, 5) is 27.0. The second-order valence-corrected chi connectivity index (χ2v) is 9.11. The van der Waals surface area contributed by atoms with Gasteiger partial charge in [0.2, 0.25) is 5.91 Å². The van der Waals surface area contributed by atoms with E-state index in [2.05, 4.69) is 21.2 Å². The van der Waals surface area contributed by atoms with Gasteiger partial charge in [0.1, 0.15) is 4.32 Å². The molecule has 0 radical (unpaired) electrons. The zero-order valence-corrected chi connectivity index (χ0v) is 19.0. The summed E-state index contributed by atoms with van der Waals surface area (Å²) in [6.07, 6.45) is 4.77. The first-order chi connectivity index (χ1) is 14.0. The van der Waals surface area contributed by atoms with Gasteiger partial charge in [-0.25, -0.2) is 0 Å². The maximum atomic E-state index is 12.6.